The third kappa shape index (κ3) is 2.89. The quantitative estimate of drug-likeness (QED) is 0.565. The number of pyridine rings is 1. The van der Waals surface area contributed by atoms with Gasteiger partial charge >= 0.3 is 0 Å². The Kier molecular flexibility index (Phi) is 4.04. The standard InChI is InChI=1S/C20H18N6O/c1-4-18(27)25(3)17-10-9-15-20(24-17)26-12-21-11-16(26)19(23-15)22-14-8-6-5-7-13(14)2/h4-12H,1H2,2-3H3,(H,22,23). The second-order valence-electron chi connectivity index (χ2n) is 6.16. The van der Waals surface area contributed by atoms with Crippen molar-refractivity contribution in [3.8, 4) is 0 Å². The van der Waals surface area contributed by atoms with Crippen LogP contribution in [0.2, 0.25) is 0 Å². The molecule has 0 unspecified atom stereocenters. The van der Waals surface area contributed by atoms with E-state index in [1.54, 1.807) is 25.6 Å². The molecule has 4 aromatic rings. The number of aryl methyl sites for hydroxylation is 1. The van der Waals surface area contributed by atoms with Gasteiger partial charge in [0.25, 0.3) is 5.91 Å². The van der Waals surface area contributed by atoms with Crippen LogP contribution in [-0.4, -0.2) is 32.3 Å². The first-order chi connectivity index (χ1) is 13.1. The van der Waals surface area contributed by atoms with Crippen molar-refractivity contribution in [1.82, 2.24) is 19.4 Å². The fourth-order valence-corrected chi connectivity index (χ4v) is 2.88. The molecule has 0 atom stereocenters. The molecule has 27 heavy (non-hydrogen) atoms. The summed E-state index contributed by atoms with van der Waals surface area (Å²) >= 11 is 0. The van der Waals surface area contributed by atoms with Gasteiger partial charge in [0.05, 0.1) is 6.20 Å². The molecule has 0 fully saturated rings. The number of rotatable bonds is 4. The van der Waals surface area contributed by atoms with Crippen LogP contribution in [0.5, 0.6) is 0 Å². The molecule has 0 aliphatic rings. The summed E-state index contributed by atoms with van der Waals surface area (Å²) in [6.07, 6.45) is 4.68. The van der Waals surface area contributed by atoms with Gasteiger partial charge in [0.2, 0.25) is 0 Å². The van der Waals surface area contributed by atoms with Gasteiger partial charge < -0.3 is 5.32 Å². The third-order valence-electron chi connectivity index (χ3n) is 4.43. The van der Waals surface area contributed by atoms with Crippen LogP contribution in [0.25, 0.3) is 16.7 Å². The van der Waals surface area contributed by atoms with Crippen LogP contribution in [0.3, 0.4) is 0 Å². The molecular weight excluding hydrogens is 340 g/mol. The first kappa shape index (κ1) is 16.7. The number of aromatic nitrogens is 4. The summed E-state index contributed by atoms with van der Waals surface area (Å²) in [6, 6.07) is 11.6. The Hall–Kier alpha value is -3.74. The smallest absolute Gasteiger partial charge is 0.251 e. The number of carbonyl (C=O) groups is 1. The number of nitrogens with one attached hydrogen (secondary N) is 1. The van der Waals surface area contributed by atoms with Crippen LogP contribution in [0.15, 0.2) is 61.6 Å². The minimum Gasteiger partial charge on any atom is -0.338 e. The van der Waals surface area contributed by atoms with Crippen molar-refractivity contribution < 1.29 is 4.79 Å². The summed E-state index contributed by atoms with van der Waals surface area (Å²) < 4.78 is 1.86. The van der Waals surface area contributed by atoms with Gasteiger partial charge in [-0.1, -0.05) is 24.8 Å². The maximum atomic E-state index is 11.9. The summed E-state index contributed by atoms with van der Waals surface area (Å²) in [6.45, 7) is 5.55. The molecule has 3 aromatic heterocycles. The molecule has 1 N–H and O–H groups in total. The van der Waals surface area contributed by atoms with Gasteiger partial charge in [0, 0.05) is 12.7 Å². The van der Waals surface area contributed by atoms with Crippen LogP contribution in [0.1, 0.15) is 5.56 Å². The van der Waals surface area contributed by atoms with Crippen LogP contribution < -0.4 is 10.2 Å². The zero-order valence-corrected chi connectivity index (χ0v) is 15.0. The van der Waals surface area contributed by atoms with Gasteiger partial charge in [-0.3, -0.25) is 14.1 Å². The van der Waals surface area contributed by atoms with E-state index in [0.29, 0.717) is 22.8 Å². The molecule has 7 nitrogen and oxygen atoms in total. The van der Waals surface area contributed by atoms with Gasteiger partial charge in [0.15, 0.2) is 11.5 Å². The number of imidazole rings is 1. The predicted molar refractivity (Wildman–Crippen MR) is 106 cm³/mol. The number of nitrogens with zero attached hydrogens (tertiary/aromatic N) is 5. The Morgan fingerprint density at radius 2 is 2.04 bits per heavy atom. The highest BCUT2D eigenvalue weighted by atomic mass is 16.2. The lowest BCUT2D eigenvalue weighted by Crippen LogP contribution is -2.24. The molecule has 1 amide bonds. The molecule has 0 saturated heterocycles. The Labute approximate surface area is 156 Å². The molecule has 1 aromatic carbocycles. The van der Waals surface area contributed by atoms with Gasteiger partial charge in [-0.05, 0) is 36.8 Å². The number of anilines is 3. The normalized spacial score (nSPS) is 10.9. The molecule has 3 heterocycles. The van der Waals surface area contributed by atoms with Gasteiger partial charge in [-0.15, -0.1) is 0 Å². The maximum Gasteiger partial charge on any atom is 0.251 e. The van der Waals surface area contributed by atoms with Crippen molar-refractivity contribution in [3.63, 3.8) is 0 Å². The van der Waals surface area contributed by atoms with E-state index in [1.165, 1.54) is 11.0 Å². The average molecular weight is 358 g/mol. The van der Waals surface area contributed by atoms with E-state index in [0.717, 1.165) is 16.8 Å². The largest absolute Gasteiger partial charge is 0.338 e. The SMILES string of the molecule is C=CC(=O)N(C)c1ccc2nc(Nc3ccccc3C)c3cncn3c2n1. The van der Waals surface area contributed by atoms with Crippen molar-refractivity contribution in [2.75, 3.05) is 17.3 Å². The molecule has 0 spiro atoms. The van der Waals surface area contributed by atoms with Crippen LogP contribution in [-0.2, 0) is 4.79 Å². The minimum atomic E-state index is -0.227. The number of benzene rings is 1. The van der Waals surface area contributed by atoms with Gasteiger partial charge in [-0.25, -0.2) is 15.0 Å². The Bertz CT molecular complexity index is 1180. The summed E-state index contributed by atoms with van der Waals surface area (Å²) in [4.78, 5) is 26.9. The summed E-state index contributed by atoms with van der Waals surface area (Å²) in [5.41, 5.74) is 4.22. The molecular formula is C20H18N6O. The Morgan fingerprint density at radius 3 is 2.81 bits per heavy atom. The first-order valence-electron chi connectivity index (χ1n) is 8.44. The highest BCUT2D eigenvalue weighted by Crippen LogP contribution is 2.26. The van der Waals surface area contributed by atoms with E-state index in [2.05, 4.69) is 21.9 Å². The number of carbonyl (C=O) groups excluding carboxylic acids is 1. The lowest BCUT2D eigenvalue weighted by Gasteiger charge is -2.16. The van der Waals surface area contributed by atoms with Gasteiger partial charge in [-0.2, -0.15) is 0 Å². The lowest BCUT2D eigenvalue weighted by atomic mass is 10.2. The zero-order chi connectivity index (χ0) is 19.0. The van der Waals surface area contributed by atoms with E-state index in [4.69, 9.17) is 4.98 Å². The van der Waals surface area contributed by atoms with Crippen molar-refractivity contribution in [2.45, 2.75) is 6.92 Å². The molecule has 0 aliphatic carbocycles. The zero-order valence-electron chi connectivity index (χ0n) is 15.0. The highest BCUT2D eigenvalue weighted by molar-refractivity contribution is 6.00. The average Bonchev–Trinajstić information content (AvgIpc) is 3.19. The topological polar surface area (TPSA) is 75.4 Å². The number of fused-ring (bicyclic) bond motifs is 3. The van der Waals surface area contributed by atoms with E-state index in [-0.39, 0.29) is 5.91 Å². The fraction of sp³-hybridized carbons (Fsp3) is 0.100. The molecule has 0 radical (unpaired) electrons. The monoisotopic (exact) mass is 358 g/mol. The lowest BCUT2D eigenvalue weighted by molar-refractivity contribution is -0.113. The number of para-hydroxylation sites is 1. The fourth-order valence-electron chi connectivity index (χ4n) is 2.88. The Balaban J connectivity index is 1.86. The van der Waals surface area contributed by atoms with Gasteiger partial charge in [0.1, 0.15) is 23.2 Å². The van der Waals surface area contributed by atoms with Crippen LogP contribution >= 0.6 is 0 Å². The maximum absolute atomic E-state index is 11.9. The predicted octanol–water partition coefficient (Wildman–Crippen LogP) is 3.48. The van der Waals surface area contributed by atoms with Crippen molar-refractivity contribution in [1.29, 1.82) is 0 Å². The second-order valence-corrected chi connectivity index (χ2v) is 6.16. The molecule has 0 aliphatic heterocycles. The van der Waals surface area contributed by atoms with E-state index in [1.807, 2.05) is 41.7 Å². The summed E-state index contributed by atoms with van der Waals surface area (Å²) in [5.74, 6) is 0.984. The molecule has 0 bridgehead atoms. The van der Waals surface area contributed by atoms with Crippen LogP contribution in [0, 0.1) is 6.92 Å². The number of hydrogen-bond donors (Lipinski definition) is 1. The summed E-state index contributed by atoms with van der Waals surface area (Å²) in [5, 5.41) is 3.38. The van der Waals surface area contributed by atoms with E-state index >= 15 is 0 Å². The molecule has 7 heteroatoms. The number of hydrogen-bond acceptors (Lipinski definition) is 5. The first-order valence-corrected chi connectivity index (χ1v) is 8.44. The van der Waals surface area contributed by atoms with E-state index < -0.39 is 0 Å². The summed E-state index contributed by atoms with van der Waals surface area (Å²) in [7, 11) is 1.66. The van der Waals surface area contributed by atoms with E-state index in [9.17, 15) is 4.79 Å². The number of amides is 1. The minimum absolute atomic E-state index is 0.227. The molecule has 0 saturated carbocycles. The van der Waals surface area contributed by atoms with Crippen molar-refractivity contribution in [3.05, 3.63) is 67.1 Å². The second kappa shape index (κ2) is 6.53. The Morgan fingerprint density at radius 1 is 1.22 bits per heavy atom. The highest BCUT2D eigenvalue weighted by Gasteiger charge is 2.14. The molecule has 134 valence electrons. The molecule has 4 rings (SSSR count). The third-order valence-corrected chi connectivity index (χ3v) is 4.43. The number of likely N-dealkylation sites (N-methyl/N-ethyl adjacent to an activating group) is 1. The van der Waals surface area contributed by atoms with Crippen molar-refractivity contribution in [2.24, 2.45) is 0 Å². The van der Waals surface area contributed by atoms with Crippen LogP contribution in [0.4, 0.5) is 17.3 Å². The van der Waals surface area contributed by atoms with Crippen molar-refractivity contribution >= 4 is 39.9 Å².